The third kappa shape index (κ3) is 3.26. The molecule has 1 unspecified atom stereocenters. The lowest BCUT2D eigenvalue weighted by Gasteiger charge is -2.18. The van der Waals surface area contributed by atoms with Crippen molar-refractivity contribution in [2.45, 2.75) is 26.2 Å². The van der Waals surface area contributed by atoms with Crippen molar-refractivity contribution in [3.63, 3.8) is 0 Å². The average Bonchev–Trinajstić information content (AvgIpc) is 2.47. The first kappa shape index (κ1) is 14.3. The summed E-state index contributed by atoms with van der Waals surface area (Å²) >= 11 is 0. The predicted octanol–water partition coefficient (Wildman–Crippen LogP) is 3.46. The SMILES string of the molecule is Cc1ccc(C)c(C(CN)Cc2cccc(C#N)c2)c1. The highest BCUT2D eigenvalue weighted by molar-refractivity contribution is 5.37. The van der Waals surface area contributed by atoms with Crippen molar-refractivity contribution >= 4 is 0 Å². The average molecular weight is 264 g/mol. The van der Waals surface area contributed by atoms with Crippen molar-refractivity contribution in [2.75, 3.05) is 6.54 Å². The van der Waals surface area contributed by atoms with E-state index in [1.807, 2.05) is 18.2 Å². The summed E-state index contributed by atoms with van der Waals surface area (Å²) in [6, 6.07) is 16.5. The predicted molar refractivity (Wildman–Crippen MR) is 82.6 cm³/mol. The Kier molecular flexibility index (Phi) is 4.55. The number of aryl methyl sites for hydroxylation is 2. The number of hydrogen-bond acceptors (Lipinski definition) is 2. The van der Waals surface area contributed by atoms with Gasteiger partial charge in [-0.3, -0.25) is 0 Å². The molecule has 0 bridgehead atoms. The topological polar surface area (TPSA) is 49.8 Å². The van der Waals surface area contributed by atoms with E-state index in [1.165, 1.54) is 22.3 Å². The van der Waals surface area contributed by atoms with Gasteiger partial charge in [-0.2, -0.15) is 5.26 Å². The molecule has 2 rings (SSSR count). The summed E-state index contributed by atoms with van der Waals surface area (Å²) < 4.78 is 0. The van der Waals surface area contributed by atoms with E-state index in [1.54, 1.807) is 0 Å². The Hall–Kier alpha value is -2.11. The van der Waals surface area contributed by atoms with E-state index in [9.17, 15) is 0 Å². The van der Waals surface area contributed by atoms with Crippen molar-refractivity contribution in [1.82, 2.24) is 0 Å². The fraction of sp³-hybridized carbons (Fsp3) is 0.278. The van der Waals surface area contributed by atoms with E-state index >= 15 is 0 Å². The molecule has 2 N–H and O–H groups in total. The fourth-order valence-corrected chi connectivity index (χ4v) is 2.57. The van der Waals surface area contributed by atoms with Gasteiger partial charge in [-0.05, 0) is 55.6 Å². The molecule has 102 valence electrons. The molecule has 0 aliphatic heterocycles. The Labute approximate surface area is 120 Å². The molecule has 0 aliphatic rings. The van der Waals surface area contributed by atoms with Crippen molar-refractivity contribution in [2.24, 2.45) is 5.73 Å². The van der Waals surface area contributed by atoms with Gasteiger partial charge >= 0.3 is 0 Å². The number of hydrogen-bond donors (Lipinski definition) is 1. The van der Waals surface area contributed by atoms with Crippen LogP contribution in [0.4, 0.5) is 0 Å². The van der Waals surface area contributed by atoms with Gasteiger partial charge in [0.25, 0.3) is 0 Å². The van der Waals surface area contributed by atoms with Crippen molar-refractivity contribution in [3.8, 4) is 6.07 Å². The van der Waals surface area contributed by atoms with Gasteiger partial charge < -0.3 is 5.73 Å². The highest BCUT2D eigenvalue weighted by Gasteiger charge is 2.13. The Bertz CT molecular complexity index is 638. The van der Waals surface area contributed by atoms with E-state index in [-0.39, 0.29) is 0 Å². The van der Waals surface area contributed by atoms with Gasteiger partial charge in [0.05, 0.1) is 11.6 Å². The van der Waals surface area contributed by atoms with Gasteiger partial charge in [0.1, 0.15) is 0 Å². The van der Waals surface area contributed by atoms with E-state index in [0.29, 0.717) is 18.0 Å². The Morgan fingerprint density at radius 3 is 2.65 bits per heavy atom. The van der Waals surface area contributed by atoms with Crippen LogP contribution in [0, 0.1) is 25.2 Å². The number of rotatable bonds is 4. The molecule has 0 spiro atoms. The molecule has 0 aliphatic carbocycles. The first-order valence-corrected chi connectivity index (χ1v) is 6.90. The van der Waals surface area contributed by atoms with Gasteiger partial charge in [-0.15, -0.1) is 0 Å². The van der Waals surface area contributed by atoms with Crippen LogP contribution < -0.4 is 5.73 Å². The smallest absolute Gasteiger partial charge is 0.0991 e. The van der Waals surface area contributed by atoms with E-state index < -0.39 is 0 Å². The summed E-state index contributed by atoms with van der Waals surface area (Å²) in [5.74, 6) is 0.295. The fourth-order valence-electron chi connectivity index (χ4n) is 2.57. The zero-order chi connectivity index (χ0) is 14.5. The molecular weight excluding hydrogens is 244 g/mol. The Morgan fingerprint density at radius 1 is 1.15 bits per heavy atom. The van der Waals surface area contributed by atoms with Crippen molar-refractivity contribution in [1.29, 1.82) is 5.26 Å². The summed E-state index contributed by atoms with van der Waals surface area (Å²) in [5.41, 5.74) is 11.7. The molecule has 0 heterocycles. The zero-order valence-electron chi connectivity index (χ0n) is 12.1. The monoisotopic (exact) mass is 264 g/mol. The third-order valence-corrected chi connectivity index (χ3v) is 3.70. The lowest BCUT2D eigenvalue weighted by Crippen LogP contribution is -2.16. The molecule has 1 atom stereocenters. The Morgan fingerprint density at radius 2 is 1.95 bits per heavy atom. The van der Waals surface area contributed by atoms with Crippen LogP contribution in [0.1, 0.15) is 33.7 Å². The lowest BCUT2D eigenvalue weighted by atomic mass is 9.88. The van der Waals surface area contributed by atoms with Crippen LogP contribution in [0.25, 0.3) is 0 Å². The van der Waals surface area contributed by atoms with Crippen LogP contribution in [0.2, 0.25) is 0 Å². The molecule has 20 heavy (non-hydrogen) atoms. The van der Waals surface area contributed by atoms with Crippen LogP contribution in [0.5, 0.6) is 0 Å². The highest BCUT2D eigenvalue weighted by atomic mass is 14.5. The summed E-state index contributed by atoms with van der Waals surface area (Å²) in [6.45, 7) is 4.84. The number of benzene rings is 2. The summed E-state index contributed by atoms with van der Waals surface area (Å²) in [7, 11) is 0. The normalized spacial score (nSPS) is 11.9. The van der Waals surface area contributed by atoms with Crippen LogP contribution in [0.15, 0.2) is 42.5 Å². The Balaban J connectivity index is 2.29. The van der Waals surface area contributed by atoms with E-state index in [2.05, 4.69) is 44.2 Å². The second-order valence-corrected chi connectivity index (χ2v) is 5.31. The number of nitrogens with two attached hydrogens (primary N) is 1. The van der Waals surface area contributed by atoms with Gasteiger partial charge in [-0.25, -0.2) is 0 Å². The van der Waals surface area contributed by atoms with Gasteiger partial charge in [0, 0.05) is 5.92 Å². The van der Waals surface area contributed by atoms with Gasteiger partial charge in [0.15, 0.2) is 0 Å². The van der Waals surface area contributed by atoms with Crippen LogP contribution >= 0.6 is 0 Å². The zero-order valence-corrected chi connectivity index (χ0v) is 12.1. The molecule has 0 fully saturated rings. The summed E-state index contributed by atoms with van der Waals surface area (Å²) in [5, 5.41) is 8.98. The minimum absolute atomic E-state index is 0.295. The van der Waals surface area contributed by atoms with Gasteiger partial charge in [0.2, 0.25) is 0 Å². The maximum absolute atomic E-state index is 8.98. The first-order valence-electron chi connectivity index (χ1n) is 6.90. The minimum Gasteiger partial charge on any atom is -0.330 e. The highest BCUT2D eigenvalue weighted by Crippen LogP contribution is 2.24. The standard InChI is InChI=1S/C18H20N2/c1-13-6-7-14(2)18(8-13)17(12-20)10-15-4-3-5-16(9-15)11-19/h3-9,17H,10,12,20H2,1-2H3. The van der Waals surface area contributed by atoms with E-state index in [4.69, 9.17) is 11.0 Å². The molecule has 2 aromatic carbocycles. The molecule has 0 saturated heterocycles. The molecule has 0 aromatic heterocycles. The maximum atomic E-state index is 8.98. The number of nitrogens with zero attached hydrogens (tertiary/aromatic N) is 1. The molecule has 2 heteroatoms. The minimum atomic E-state index is 0.295. The largest absolute Gasteiger partial charge is 0.330 e. The van der Waals surface area contributed by atoms with Crippen molar-refractivity contribution in [3.05, 3.63) is 70.3 Å². The second-order valence-electron chi connectivity index (χ2n) is 5.31. The summed E-state index contributed by atoms with van der Waals surface area (Å²) in [6.07, 6.45) is 0.871. The van der Waals surface area contributed by atoms with Crippen LogP contribution in [-0.2, 0) is 6.42 Å². The molecule has 2 nitrogen and oxygen atoms in total. The summed E-state index contributed by atoms with van der Waals surface area (Å²) in [4.78, 5) is 0. The van der Waals surface area contributed by atoms with E-state index in [0.717, 1.165) is 6.42 Å². The molecule has 0 saturated carbocycles. The van der Waals surface area contributed by atoms with Gasteiger partial charge in [-0.1, -0.05) is 35.9 Å². The first-order chi connectivity index (χ1) is 9.63. The molecule has 0 radical (unpaired) electrons. The quantitative estimate of drug-likeness (QED) is 0.919. The van der Waals surface area contributed by atoms with Crippen molar-refractivity contribution < 1.29 is 0 Å². The second kappa shape index (κ2) is 6.36. The number of nitriles is 1. The third-order valence-electron chi connectivity index (χ3n) is 3.70. The molecular formula is C18H20N2. The van der Waals surface area contributed by atoms with Crippen LogP contribution in [0.3, 0.4) is 0 Å². The molecule has 0 amide bonds. The lowest BCUT2D eigenvalue weighted by molar-refractivity contribution is 0.689. The maximum Gasteiger partial charge on any atom is 0.0991 e. The molecule has 2 aromatic rings. The van der Waals surface area contributed by atoms with Crippen LogP contribution in [-0.4, -0.2) is 6.54 Å².